The highest BCUT2D eigenvalue weighted by Crippen LogP contribution is 1.94. The van der Waals surface area contributed by atoms with Crippen LogP contribution in [0.1, 0.15) is 39.5 Å². The number of hydrogen-bond donors (Lipinski definition) is 1. The molecule has 76 valence electrons. The van der Waals surface area contributed by atoms with Crippen molar-refractivity contribution in [2.24, 2.45) is 5.73 Å². The topological polar surface area (TPSA) is 43.1 Å². The van der Waals surface area contributed by atoms with Crippen LogP contribution in [0.2, 0.25) is 0 Å². The highest BCUT2D eigenvalue weighted by Gasteiger charge is 1.93. The van der Waals surface area contributed by atoms with Gasteiger partial charge in [0.05, 0.1) is 0 Å². The predicted molar refractivity (Wildman–Crippen MR) is 59.8 cm³/mol. The van der Waals surface area contributed by atoms with Crippen molar-refractivity contribution in [1.29, 1.82) is 0 Å². The normalized spacial score (nSPS) is 7.08. The smallest absolute Gasteiger partial charge is 0.248 e. The Hall–Kier alpha value is -1.31. The molecule has 2 heteroatoms. The molecule has 1 aromatic carbocycles. The Labute approximate surface area is 82.3 Å². The molecule has 0 saturated carbocycles. The van der Waals surface area contributed by atoms with Gasteiger partial charge >= 0.3 is 0 Å². The third-order valence-electron chi connectivity index (χ3n) is 1.06. The first-order valence-corrected chi connectivity index (χ1v) is 4.65. The van der Waals surface area contributed by atoms with Gasteiger partial charge in [-0.15, -0.1) is 0 Å². The largest absolute Gasteiger partial charge is 0.366 e. The molecule has 0 saturated heterocycles. The van der Waals surface area contributed by atoms with Gasteiger partial charge in [0.15, 0.2) is 0 Å². The molecule has 1 amide bonds. The number of nitrogens with two attached hydrogens (primary N) is 1. The lowest BCUT2D eigenvalue weighted by atomic mass is 10.2. The molecule has 0 radical (unpaired) electrons. The van der Waals surface area contributed by atoms with E-state index in [-0.39, 0.29) is 7.33 Å². The lowest BCUT2D eigenvalue weighted by Crippen LogP contribution is -2.09. The molecule has 0 aliphatic heterocycles. The van der Waals surface area contributed by atoms with E-state index in [1.54, 1.807) is 24.3 Å². The van der Waals surface area contributed by atoms with E-state index in [1.807, 2.05) is 33.8 Å². The predicted octanol–water partition coefficient (Wildman–Crippen LogP) is 3.08. The van der Waals surface area contributed by atoms with Crippen LogP contribution in [0.5, 0.6) is 0 Å². The molecule has 0 aromatic heterocycles. The van der Waals surface area contributed by atoms with Crippen LogP contribution in [0.3, 0.4) is 0 Å². The Morgan fingerprint density at radius 1 is 1.08 bits per heavy atom. The molecule has 0 aliphatic rings. The zero-order valence-corrected chi connectivity index (χ0v) is 8.87. The van der Waals surface area contributed by atoms with E-state index >= 15 is 0 Å². The summed E-state index contributed by atoms with van der Waals surface area (Å²) in [6.45, 7) is 8.00. The average Bonchev–Trinajstić information content (AvgIpc) is 2.25. The summed E-state index contributed by atoms with van der Waals surface area (Å²) < 4.78 is 0. The van der Waals surface area contributed by atoms with E-state index in [1.165, 1.54) is 0 Å². The number of rotatable bonds is 1. The van der Waals surface area contributed by atoms with Gasteiger partial charge in [0.2, 0.25) is 5.91 Å². The van der Waals surface area contributed by atoms with Crippen LogP contribution in [0, 0.1) is 0 Å². The van der Waals surface area contributed by atoms with Crippen molar-refractivity contribution in [2.75, 3.05) is 0 Å². The van der Waals surface area contributed by atoms with Gasteiger partial charge in [0.25, 0.3) is 0 Å². The highest BCUT2D eigenvalue weighted by atomic mass is 16.1. The number of carbonyl (C=O) groups is 1. The van der Waals surface area contributed by atoms with E-state index in [0.29, 0.717) is 5.56 Å². The second kappa shape index (κ2) is 10.7. The minimum absolute atomic E-state index is 0. The summed E-state index contributed by atoms with van der Waals surface area (Å²) in [6.07, 6.45) is 0. The second-order valence-electron chi connectivity index (χ2n) is 1.73. The summed E-state index contributed by atoms with van der Waals surface area (Å²) in [6, 6.07) is 8.76. The Bertz CT molecular complexity index is 212. The summed E-state index contributed by atoms with van der Waals surface area (Å²) in [5, 5.41) is 0. The summed E-state index contributed by atoms with van der Waals surface area (Å²) >= 11 is 0. The van der Waals surface area contributed by atoms with Crippen molar-refractivity contribution in [2.45, 2.75) is 27.7 Å². The first-order valence-electron chi connectivity index (χ1n) is 4.65. The van der Waals surface area contributed by atoms with Gasteiger partial charge in [-0.05, 0) is 12.1 Å². The molecule has 13 heavy (non-hydrogen) atoms. The van der Waals surface area contributed by atoms with Crippen molar-refractivity contribution >= 4 is 5.91 Å². The summed E-state index contributed by atoms with van der Waals surface area (Å²) in [4.78, 5) is 10.4. The van der Waals surface area contributed by atoms with Gasteiger partial charge in [0, 0.05) is 6.99 Å². The van der Waals surface area contributed by atoms with Gasteiger partial charge in [-0.2, -0.15) is 0 Å². The standard InChI is InChI=1S/C7H7NO.2C2H6.H2/c8-7(9)6-4-2-1-3-5-6;2*1-2;/h1-5H,(H2,8,9);2*1-2H3;1H. The van der Waals surface area contributed by atoms with Crippen LogP contribution < -0.4 is 5.73 Å². The molecule has 0 atom stereocenters. The number of carbonyl (C=O) groups excluding carboxylic acids is 1. The number of amides is 1. The third kappa shape index (κ3) is 7.06. The fraction of sp³-hybridized carbons (Fsp3) is 0.364. The van der Waals surface area contributed by atoms with Gasteiger partial charge in [-0.25, -0.2) is 0 Å². The fourth-order valence-corrected chi connectivity index (χ4v) is 0.602. The lowest BCUT2D eigenvalue weighted by molar-refractivity contribution is 0.100. The van der Waals surface area contributed by atoms with Gasteiger partial charge in [-0.1, -0.05) is 45.9 Å². The minimum Gasteiger partial charge on any atom is -0.366 e. The first kappa shape index (κ1) is 14.2. The monoisotopic (exact) mass is 183 g/mol. The van der Waals surface area contributed by atoms with Gasteiger partial charge in [0.1, 0.15) is 0 Å². The summed E-state index contributed by atoms with van der Waals surface area (Å²) in [5.41, 5.74) is 5.53. The molecule has 0 fully saturated rings. The summed E-state index contributed by atoms with van der Waals surface area (Å²) in [5.74, 6) is -0.379. The van der Waals surface area contributed by atoms with Crippen molar-refractivity contribution in [3.8, 4) is 0 Å². The van der Waals surface area contributed by atoms with E-state index in [0.717, 1.165) is 0 Å². The molecule has 2 N–H and O–H groups in total. The third-order valence-corrected chi connectivity index (χ3v) is 1.06. The SMILES string of the molecule is CC.CC.NC(=O)c1ccccc1.[HH]. The maximum absolute atomic E-state index is 10.4. The lowest BCUT2D eigenvalue weighted by Gasteiger charge is -1.89. The van der Waals surface area contributed by atoms with Gasteiger partial charge < -0.3 is 5.73 Å². The molecular weight excluding hydrogens is 162 g/mol. The van der Waals surface area contributed by atoms with Crippen LogP contribution in [0.15, 0.2) is 30.3 Å². The quantitative estimate of drug-likeness (QED) is 0.714. The van der Waals surface area contributed by atoms with Crippen LogP contribution in [-0.4, -0.2) is 5.91 Å². The van der Waals surface area contributed by atoms with Crippen LogP contribution in [0.25, 0.3) is 0 Å². The molecule has 1 aromatic rings. The Balaban J connectivity index is -0.000000216. The number of hydrogen-bond acceptors (Lipinski definition) is 1. The fourth-order valence-electron chi connectivity index (χ4n) is 0.602. The maximum atomic E-state index is 10.4. The number of benzene rings is 1. The van der Waals surface area contributed by atoms with E-state index in [2.05, 4.69) is 0 Å². The molecule has 1 rings (SSSR count). The Morgan fingerprint density at radius 2 is 1.46 bits per heavy atom. The molecule has 0 bridgehead atoms. The van der Waals surface area contributed by atoms with Crippen LogP contribution >= 0.6 is 0 Å². The van der Waals surface area contributed by atoms with Gasteiger partial charge in [-0.3, -0.25) is 4.79 Å². The second-order valence-corrected chi connectivity index (χ2v) is 1.73. The molecule has 0 spiro atoms. The minimum atomic E-state index is -0.379. The molecule has 0 heterocycles. The van der Waals surface area contributed by atoms with Crippen molar-refractivity contribution in [1.82, 2.24) is 0 Å². The zero-order valence-electron chi connectivity index (χ0n) is 8.87. The average molecular weight is 183 g/mol. The molecule has 0 aliphatic carbocycles. The van der Waals surface area contributed by atoms with Crippen LogP contribution in [0.4, 0.5) is 0 Å². The van der Waals surface area contributed by atoms with Crippen molar-refractivity contribution < 1.29 is 6.22 Å². The van der Waals surface area contributed by atoms with E-state index < -0.39 is 0 Å². The zero-order chi connectivity index (χ0) is 10.7. The highest BCUT2D eigenvalue weighted by molar-refractivity contribution is 5.92. The Morgan fingerprint density at radius 3 is 1.69 bits per heavy atom. The number of primary amides is 1. The van der Waals surface area contributed by atoms with Crippen LogP contribution in [-0.2, 0) is 0 Å². The Kier molecular flexibility index (Phi) is 11.7. The summed E-state index contributed by atoms with van der Waals surface area (Å²) in [7, 11) is 0. The maximum Gasteiger partial charge on any atom is 0.248 e. The van der Waals surface area contributed by atoms with Crippen molar-refractivity contribution in [3.63, 3.8) is 0 Å². The van der Waals surface area contributed by atoms with E-state index in [4.69, 9.17) is 5.73 Å². The van der Waals surface area contributed by atoms with E-state index in [9.17, 15) is 4.79 Å². The van der Waals surface area contributed by atoms with Crippen molar-refractivity contribution in [3.05, 3.63) is 35.9 Å². The molecular formula is C11H21NO. The first-order chi connectivity index (χ1) is 6.30. The molecule has 2 nitrogen and oxygen atoms in total. The molecule has 0 unspecified atom stereocenters.